The van der Waals surface area contributed by atoms with Crippen LogP contribution in [0, 0.1) is 5.92 Å². The van der Waals surface area contributed by atoms with Gasteiger partial charge in [-0.25, -0.2) is 0 Å². The zero-order valence-electron chi connectivity index (χ0n) is 14.9. The number of carbonyl (C=O) groups excluding carboxylic acids is 1. The van der Waals surface area contributed by atoms with E-state index < -0.39 is 6.10 Å². The third kappa shape index (κ3) is 4.03. The zero-order chi connectivity index (χ0) is 17.2. The van der Waals surface area contributed by atoms with Gasteiger partial charge in [-0.15, -0.1) is 12.4 Å². The van der Waals surface area contributed by atoms with Gasteiger partial charge in [0.25, 0.3) is 0 Å². The SMILES string of the molecule is Cl.O=C(NCC(O)c1ccc2ccccc2c1)C1CC2CCCCC2N1. The van der Waals surface area contributed by atoms with Crippen LogP contribution in [0.4, 0.5) is 0 Å². The smallest absolute Gasteiger partial charge is 0.237 e. The molecule has 4 rings (SSSR count). The van der Waals surface area contributed by atoms with E-state index in [0.29, 0.717) is 12.0 Å². The summed E-state index contributed by atoms with van der Waals surface area (Å²) in [5.74, 6) is 0.671. The van der Waals surface area contributed by atoms with Crippen LogP contribution < -0.4 is 10.6 Å². The molecule has 5 heteroatoms. The van der Waals surface area contributed by atoms with E-state index >= 15 is 0 Å². The maximum atomic E-state index is 12.5. The van der Waals surface area contributed by atoms with Gasteiger partial charge in [0.1, 0.15) is 0 Å². The number of amides is 1. The minimum Gasteiger partial charge on any atom is -0.387 e. The molecule has 1 aliphatic carbocycles. The molecule has 3 N–H and O–H groups in total. The summed E-state index contributed by atoms with van der Waals surface area (Å²) in [6.07, 6.45) is 5.23. The lowest BCUT2D eigenvalue weighted by molar-refractivity contribution is -0.123. The molecule has 0 radical (unpaired) electrons. The highest BCUT2D eigenvalue weighted by atomic mass is 35.5. The summed E-state index contributed by atoms with van der Waals surface area (Å²) in [6, 6.07) is 14.4. The van der Waals surface area contributed by atoms with Crippen molar-refractivity contribution in [2.24, 2.45) is 5.92 Å². The van der Waals surface area contributed by atoms with Gasteiger partial charge >= 0.3 is 0 Å². The van der Waals surface area contributed by atoms with E-state index in [1.807, 2.05) is 36.4 Å². The number of hydrogen-bond acceptors (Lipinski definition) is 3. The summed E-state index contributed by atoms with van der Waals surface area (Å²) >= 11 is 0. The number of benzene rings is 2. The van der Waals surface area contributed by atoms with Gasteiger partial charge in [-0.1, -0.05) is 49.2 Å². The van der Waals surface area contributed by atoms with E-state index in [4.69, 9.17) is 0 Å². The Morgan fingerprint density at radius 1 is 1.15 bits per heavy atom. The fourth-order valence-electron chi connectivity index (χ4n) is 4.37. The van der Waals surface area contributed by atoms with Gasteiger partial charge in [0.05, 0.1) is 12.1 Å². The van der Waals surface area contributed by atoms with Crippen molar-refractivity contribution < 1.29 is 9.90 Å². The topological polar surface area (TPSA) is 61.4 Å². The minimum absolute atomic E-state index is 0. The number of halogens is 1. The van der Waals surface area contributed by atoms with Crippen LogP contribution in [-0.2, 0) is 4.79 Å². The lowest BCUT2D eigenvalue weighted by Gasteiger charge is -2.24. The van der Waals surface area contributed by atoms with Crippen LogP contribution in [-0.4, -0.2) is 29.6 Å². The monoisotopic (exact) mass is 374 g/mol. The Kier molecular flexibility index (Phi) is 6.17. The second kappa shape index (κ2) is 8.38. The molecule has 140 valence electrons. The second-order valence-electron chi connectivity index (χ2n) is 7.47. The van der Waals surface area contributed by atoms with Crippen molar-refractivity contribution in [3.8, 4) is 0 Å². The third-order valence-corrected chi connectivity index (χ3v) is 5.81. The average Bonchev–Trinajstić information content (AvgIpc) is 3.09. The van der Waals surface area contributed by atoms with Crippen molar-refractivity contribution in [1.82, 2.24) is 10.6 Å². The molecule has 2 aliphatic rings. The maximum Gasteiger partial charge on any atom is 0.237 e. The lowest BCUT2D eigenvalue weighted by atomic mass is 9.85. The molecule has 0 spiro atoms. The first-order chi connectivity index (χ1) is 12.2. The Morgan fingerprint density at radius 2 is 1.92 bits per heavy atom. The first-order valence-corrected chi connectivity index (χ1v) is 9.41. The Labute approximate surface area is 160 Å². The number of fused-ring (bicyclic) bond motifs is 2. The number of aliphatic hydroxyl groups is 1. The largest absolute Gasteiger partial charge is 0.387 e. The van der Waals surface area contributed by atoms with E-state index in [0.717, 1.165) is 22.8 Å². The van der Waals surface area contributed by atoms with Crippen molar-refractivity contribution in [1.29, 1.82) is 0 Å². The second-order valence-corrected chi connectivity index (χ2v) is 7.47. The summed E-state index contributed by atoms with van der Waals surface area (Å²) in [5, 5.41) is 19.1. The molecule has 1 amide bonds. The minimum atomic E-state index is -0.683. The standard InChI is InChI=1S/C21H26N2O2.ClH/c24-20(17-10-9-14-5-1-2-6-15(14)11-17)13-22-21(25)19-12-16-7-3-4-8-18(16)23-19;/h1-2,5-6,9-11,16,18-20,23-24H,3-4,7-8,12-13H2,(H,22,25);1H. The van der Waals surface area contributed by atoms with Gasteiger partial charge in [-0.3, -0.25) is 4.79 Å². The summed E-state index contributed by atoms with van der Waals surface area (Å²) in [5.41, 5.74) is 0.840. The zero-order valence-corrected chi connectivity index (χ0v) is 15.7. The Balaban J connectivity index is 0.00000196. The maximum absolute atomic E-state index is 12.5. The van der Waals surface area contributed by atoms with Crippen LogP contribution >= 0.6 is 12.4 Å². The highest BCUT2D eigenvalue weighted by Gasteiger charge is 2.38. The normalized spacial score (nSPS) is 26.0. The predicted molar refractivity (Wildman–Crippen MR) is 106 cm³/mol. The number of nitrogens with one attached hydrogen (secondary N) is 2. The summed E-state index contributed by atoms with van der Waals surface area (Å²) in [6.45, 7) is 0.255. The first kappa shape index (κ1) is 19.2. The lowest BCUT2D eigenvalue weighted by Crippen LogP contribution is -2.44. The van der Waals surface area contributed by atoms with Gasteiger partial charge in [0.2, 0.25) is 5.91 Å². The molecule has 4 nitrogen and oxygen atoms in total. The molecule has 26 heavy (non-hydrogen) atoms. The predicted octanol–water partition coefficient (Wildman–Crippen LogP) is 3.33. The fourth-order valence-corrected chi connectivity index (χ4v) is 4.37. The highest BCUT2D eigenvalue weighted by molar-refractivity contribution is 5.85. The van der Waals surface area contributed by atoms with Gasteiger partial charge in [0, 0.05) is 12.6 Å². The van der Waals surface area contributed by atoms with Crippen molar-refractivity contribution in [3.63, 3.8) is 0 Å². The van der Waals surface area contributed by atoms with Gasteiger partial charge in [-0.05, 0) is 47.6 Å². The Bertz CT molecular complexity index is 753. The van der Waals surface area contributed by atoms with Crippen LogP contribution in [0.1, 0.15) is 43.8 Å². The molecule has 1 saturated heterocycles. The van der Waals surface area contributed by atoms with Crippen LogP contribution in [0.5, 0.6) is 0 Å². The molecular weight excluding hydrogens is 348 g/mol. The molecule has 4 atom stereocenters. The van der Waals surface area contributed by atoms with Gasteiger partial charge in [-0.2, -0.15) is 0 Å². The number of rotatable bonds is 4. The molecule has 1 aliphatic heterocycles. The number of aliphatic hydroxyl groups excluding tert-OH is 1. The quantitative estimate of drug-likeness (QED) is 0.769. The molecule has 1 saturated carbocycles. The van der Waals surface area contributed by atoms with Crippen molar-refractivity contribution >= 4 is 29.1 Å². The van der Waals surface area contributed by atoms with Crippen molar-refractivity contribution in [2.75, 3.05) is 6.54 Å². The van der Waals surface area contributed by atoms with Crippen LogP contribution in [0.3, 0.4) is 0 Å². The molecule has 2 fully saturated rings. The molecule has 2 aromatic carbocycles. The molecule has 4 unspecified atom stereocenters. The van der Waals surface area contributed by atoms with Crippen LogP contribution in [0.25, 0.3) is 10.8 Å². The van der Waals surface area contributed by atoms with Gasteiger partial charge < -0.3 is 15.7 Å². The Morgan fingerprint density at radius 3 is 2.73 bits per heavy atom. The Hall–Kier alpha value is -1.62. The molecule has 1 heterocycles. The average molecular weight is 375 g/mol. The summed E-state index contributed by atoms with van der Waals surface area (Å²) in [4.78, 5) is 12.5. The number of carbonyl (C=O) groups is 1. The summed E-state index contributed by atoms with van der Waals surface area (Å²) < 4.78 is 0. The van der Waals surface area contributed by atoms with Crippen LogP contribution in [0.2, 0.25) is 0 Å². The highest BCUT2D eigenvalue weighted by Crippen LogP contribution is 2.33. The first-order valence-electron chi connectivity index (χ1n) is 9.41. The van der Waals surface area contributed by atoms with Gasteiger partial charge in [0.15, 0.2) is 0 Å². The van der Waals surface area contributed by atoms with Crippen molar-refractivity contribution in [3.05, 3.63) is 48.0 Å². The van der Waals surface area contributed by atoms with Crippen LogP contribution in [0.15, 0.2) is 42.5 Å². The van der Waals surface area contributed by atoms with E-state index in [-0.39, 0.29) is 30.9 Å². The van der Waals surface area contributed by atoms with E-state index in [2.05, 4.69) is 16.7 Å². The number of hydrogen-bond donors (Lipinski definition) is 3. The molecule has 0 bridgehead atoms. The molecule has 0 aromatic heterocycles. The fraction of sp³-hybridized carbons (Fsp3) is 0.476. The molecular formula is C21H27ClN2O2. The third-order valence-electron chi connectivity index (χ3n) is 5.81. The summed E-state index contributed by atoms with van der Waals surface area (Å²) in [7, 11) is 0. The van der Waals surface area contributed by atoms with E-state index in [9.17, 15) is 9.90 Å². The van der Waals surface area contributed by atoms with Crippen molar-refractivity contribution in [2.45, 2.75) is 50.3 Å². The van der Waals surface area contributed by atoms with E-state index in [1.165, 1.54) is 25.7 Å². The van der Waals surface area contributed by atoms with E-state index in [1.54, 1.807) is 0 Å². The molecule has 2 aromatic rings.